The van der Waals surface area contributed by atoms with Crippen molar-refractivity contribution in [2.45, 2.75) is 24.2 Å². The van der Waals surface area contributed by atoms with E-state index < -0.39 is 26.6 Å². The molecule has 0 bridgehead atoms. The summed E-state index contributed by atoms with van der Waals surface area (Å²) >= 11 is 2.81. The van der Waals surface area contributed by atoms with Crippen molar-refractivity contribution in [2.75, 3.05) is 26.2 Å². The van der Waals surface area contributed by atoms with E-state index in [1.54, 1.807) is 0 Å². The Morgan fingerprint density at radius 1 is 1.14 bits per heavy atom. The zero-order valence-electron chi connectivity index (χ0n) is 11.4. The Morgan fingerprint density at radius 3 is 2.48 bits per heavy atom. The number of hydrogen-bond acceptors (Lipinski definition) is 3. The highest BCUT2D eigenvalue weighted by Crippen LogP contribution is 2.22. The molecule has 1 saturated heterocycles. The number of nitrogens with zero attached hydrogens (tertiary/aromatic N) is 1. The van der Waals surface area contributed by atoms with Gasteiger partial charge < -0.3 is 4.90 Å². The Bertz CT molecular complexity index is 604. The summed E-state index contributed by atoms with van der Waals surface area (Å²) in [5, 5.41) is 0. The monoisotopic (exact) mass is 382 g/mol. The fourth-order valence-electron chi connectivity index (χ4n) is 2.31. The standard InChI is InChI=1S/C13H17BrF2N2O2S/c14-10-8-12(16)13(9-11(10)15)21(19,20)17-4-7-18-5-2-1-3-6-18/h8-9,17H,1-7H2. The third kappa shape index (κ3) is 4.45. The van der Waals surface area contributed by atoms with E-state index in [-0.39, 0.29) is 11.0 Å². The molecular weight excluding hydrogens is 366 g/mol. The maximum atomic E-state index is 13.7. The summed E-state index contributed by atoms with van der Waals surface area (Å²) in [7, 11) is -4.04. The fourth-order valence-corrected chi connectivity index (χ4v) is 3.71. The van der Waals surface area contributed by atoms with Gasteiger partial charge >= 0.3 is 0 Å². The van der Waals surface area contributed by atoms with Gasteiger partial charge in [0.25, 0.3) is 0 Å². The molecule has 1 aliphatic heterocycles. The number of nitrogens with one attached hydrogen (secondary N) is 1. The molecule has 1 aromatic carbocycles. The van der Waals surface area contributed by atoms with Crippen LogP contribution in [0.5, 0.6) is 0 Å². The van der Waals surface area contributed by atoms with Crippen molar-refractivity contribution in [3.05, 3.63) is 28.2 Å². The summed E-state index contributed by atoms with van der Waals surface area (Å²) in [5.41, 5.74) is 0. The molecule has 0 saturated carbocycles. The van der Waals surface area contributed by atoms with E-state index in [1.807, 2.05) is 0 Å². The van der Waals surface area contributed by atoms with Gasteiger partial charge in [-0.1, -0.05) is 6.42 Å². The van der Waals surface area contributed by atoms with Crippen LogP contribution in [0.2, 0.25) is 0 Å². The highest BCUT2D eigenvalue weighted by Gasteiger charge is 2.21. The molecule has 1 heterocycles. The molecule has 1 aromatic rings. The third-order valence-electron chi connectivity index (χ3n) is 3.43. The molecule has 0 aliphatic carbocycles. The number of hydrogen-bond donors (Lipinski definition) is 1. The van der Waals surface area contributed by atoms with Crippen molar-refractivity contribution < 1.29 is 17.2 Å². The fraction of sp³-hybridized carbons (Fsp3) is 0.538. The lowest BCUT2D eigenvalue weighted by molar-refractivity contribution is 0.232. The zero-order chi connectivity index (χ0) is 15.5. The number of benzene rings is 1. The lowest BCUT2D eigenvalue weighted by Gasteiger charge is -2.26. The molecule has 0 radical (unpaired) electrons. The number of sulfonamides is 1. The van der Waals surface area contributed by atoms with Gasteiger partial charge in [-0.25, -0.2) is 21.9 Å². The second kappa shape index (κ2) is 7.13. The van der Waals surface area contributed by atoms with Gasteiger partial charge in [-0.15, -0.1) is 0 Å². The Hall–Kier alpha value is -0.570. The Balaban J connectivity index is 1.99. The van der Waals surface area contributed by atoms with E-state index in [0.29, 0.717) is 12.6 Å². The summed E-state index contributed by atoms with van der Waals surface area (Å²) in [6, 6.07) is 1.50. The number of rotatable bonds is 5. The van der Waals surface area contributed by atoms with Gasteiger partial charge in [0.2, 0.25) is 10.0 Å². The first-order valence-electron chi connectivity index (χ1n) is 6.77. The van der Waals surface area contributed by atoms with E-state index >= 15 is 0 Å². The first-order valence-corrected chi connectivity index (χ1v) is 9.04. The molecule has 0 aromatic heterocycles. The van der Waals surface area contributed by atoms with Crippen molar-refractivity contribution in [1.29, 1.82) is 0 Å². The molecule has 1 fully saturated rings. The molecule has 0 amide bonds. The van der Waals surface area contributed by atoms with Crippen LogP contribution in [-0.2, 0) is 10.0 Å². The van der Waals surface area contributed by atoms with Crippen molar-refractivity contribution in [2.24, 2.45) is 0 Å². The molecule has 4 nitrogen and oxygen atoms in total. The molecule has 2 rings (SSSR count). The summed E-state index contributed by atoms with van der Waals surface area (Å²) < 4.78 is 53.3. The Morgan fingerprint density at radius 2 is 1.81 bits per heavy atom. The van der Waals surface area contributed by atoms with Crippen LogP contribution in [0, 0.1) is 11.6 Å². The summed E-state index contributed by atoms with van der Waals surface area (Å²) in [4.78, 5) is 1.49. The van der Waals surface area contributed by atoms with E-state index in [4.69, 9.17) is 0 Å². The second-order valence-corrected chi connectivity index (χ2v) is 7.59. The lowest BCUT2D eigenvalue weighted by atomic mass is 10.1. The van der Waals surface area contributed by atoms with Crippen LogP contribution in [0.3, 0.4) is 0 Å². The van der Waals surface area contributed by atoms with Crippen LogP contribution in [0.25, 0.3) is 0 Å². The smallest absolute Gasteiger partial charge is 0.243 e. The van der Waals surface area contributed by atoms with Crippen LogP contribution >= 0.6 is 15.9 Å². The first-order chi connectivity index (χ1) is 9.90. The highest BCUT2D eigenvalue weighted by molar-refractivity contribution is 9.10. The molecule has 21 heavy (non-hydrogen) atoms. The predicted octanol–water partition coefficient (Wildman–Crippen LogP) is 2.49. The number of likely N-dealkylation sites (tertiary alicyclic amines) is 1. The molecule has 1 aliphatic rings. The summed E-state index contributed by atoms with van der Waals surface area (Å²) in [6.07, 6.45) is 3.42. The van der Waals surface area contributed by atoms with Gasteiger partial charge in [-0.05, 0) is 54.0 Å². The van der Waals surface area contributed by atoms with Crippen LogP contribution < -0.4 is 4.72 Å². The second-order valence-electron chi connectivity index (χ2n) is 5.00. The van der Waals surface area contributed by atoms with Crippen LogP contribution in [0.15, 0.2) is 21.5 Å². The van der Waals surface area contributed by atoms with Crippen molar-refractivity contribution in [3.63, 3.8) is 0 Å². The normalized spacial score (nSPS) is 17.1. The average Bonchev–Trinajstić information content (AvgIpc) is 2.43. The Labute approximate surface area is 131 Å². The molecule has 0 atom stereocenters. The van der Waals surface area contributed by atoms with E-state index in [2.05, 4.69) is 25.6 Å². The van der Waals surface area contributed by atoms with Gasteiger partial charge in [-0.3, -0.25) is 0 Å². The average molecular weight is 383 g/mol. The molecule has 0 spiro atoms. The van der Waals surface area contributed by atoms with Gasteiger partial charge in [-0.2, -0.15) is 0 Å². The Kier molecular flexibility index (Phi) is 5.70. The third-order valence-corrected chi connectivity index (χ3v) is 5.52. The number of piperidine rings is 1. The quantitative estimate of drug-likeness (QED) is 0.795. The van der Waals surface area contributed by atoms with Crippen LogP contribution in [0.4, 0.5) is 8.78 Å². The van der Waals surface area contributed by atoms with Crippen molar-refractivity contribution in [3.8, 4) is 0 Å². The van der Waals surface area contributed by atoms with Crippen LogP contribution in [-0.4, -0.2) is 39.5 Å². The van der Waals surface area contributed by atoms with E-state index in [1.165, 1.54) is 6.42 Å². The van der Waals surface area contributed by atoms with Gasteiger partial charge in [0.15, 0.2) is 0 Å². The predicted molar refractivity (Wildman–Crippen MR) is 79.5 cm³/mol. The lowest BCUT2D eigenvalue weighted by Crippen LogP contribution is -2.37. The molecule has 1 N–H and O–H groups in total. The van der Waals surface area contributed by atoms with E-state index in [0.717, 1.165) is 32.0 Å². The number of halogens is 3. The van der Waals surface area contributed by atoms with E-state index in [9.17, 15) is 17.2 Å². The molecule has 8 heteroatoms. The van der Waals surface area contributed by atoms with Gasteiger partial charge in [0.05, 0.1) is 4.47 Å². The highest BCUT2D eigenvalue weighted by atomic mass is 79.9. The summed E-state index contributed by atoms with van der Waals surface area (Å²) in [5.74, 6) is -1.79. The topological polar surface area (TPSA) is 49.4 Å². The minimum absolute atomic E-state index is 0.104. The molecule has 0 unspecified atom stereocenters. The van der Waals surface area contributed by atoms with Crippen molar-refractivity contribution in [1.82, 2.24) is 9.62 Å². The minimum Gasteiger partial charge on any atom is -0.302 e. The first kappa shape index (κ1) is 16.8. The maximum absolute atomic E-state index is 13.7. The molecular formula is C13H17BrF2N2O2S. The summed E-state index contributed by atoms with van der Waals surface area (Å²) in [6.45, 7) is 2.64. The SMILES string of the molecule is O=S(=O)(NCCN1CCCCC1)c1cc(F)c(Br)cc1F. The largest absolute Gasteiger partial charge is 0.302 e. The van der Waals surface area contributed by atoms with Crippen molar-refractivity contribution >= 4 is 26.0 Å². The minimum atomic E-state index is -4.04. The molecule has 118 valence electrons. The van der Waals surface area contributed by atoms with Gasteiger partial charge in [0, 0.05) is 13.1 Å². The van der Waals surface area contributed by atoms with Crippen LogP contribution in [0.1, 0.15) is 19.3 Å². The van der Waals surface area contributed by atoms with Gasteiger partial charge in [0.1, 0.15) is 16.5 Å². The maximum Gasteiger partial charge on any atom is 0.243 e. The zero-order valence-corrected chi connectivity index (χ0v) is 13.8.